The number of nitrogens with zero attached hydrogens (tertiary/aromatic N) is 1. The molecule has 0 bridgehead atoms. The number of oxazole rings is 1. The first-order chi connectivity index (χ1) is 7.20. The van der Waals surface area contributed by atoms with Crippen molar-refractivity contribution in [3.05, 3.63) is 17.8 Å². The van der Waals surface area contributed by atoms with Crippen molar-refractivity contribution in [2.75, 3.05) is 13.2 Å². The van der Waals surface area contributed by atoms with Crippen molar-refractivity contribution >= 4 is 5.97 Å². The monoisotopic (exact) mass is 211 g/mol. The molecule has 1 aromatic rings. The average molecular weight is 211 g/mol. The summed E-state index contributed by atoms with van der Waals surface area (Å²) in [5.41, 5.74) is 0.0359. The summed E-state index contributed by atoms with van der Waals surface area (Å²) < 4.78 is 10.5. The lowest BCUT2D eigenvalue weighted by atomic mass is 9.87. The molecule has 82 valence electrons. The van der Waals surface area contributed by atoms with Gasteiger partial charge in [-0.2, -0.15) is 0 Å². The highest BCUT2D eigenvalue weighted by atomic mass is 16.5. The first-order valence-corrected chi connectivity index (χ1v) is 4.94. The molecule has 5 heteroatoms. The van der Waals surface area contributed by atoms with Crippen LogP contribution in [0.15, 0.2) is 10.8 Å². The van der Waals surface area contributed by atoms with Crippen molar-refractivity contribution in [1.29, 1.82) is 0 Å². The normalized spacial score (nSPS) is 26.5. The molecule has 0 amide bonds. The molecule has 1 aliphatic heterocycles. The zero-order valence-corrected chi connectivity index (χ0v) is 8.47. The van der Waals surface area contributed by atoms with Gasteiger partial charge in [0.1, 0.15) is 5.76 Å². The molecule has 15 heavy (non-hydrogen) atoms. The molecule has 1 aliphatic rings. The molecule has 2 unspecified atom stereocenters. The van der Waals surface area contributed by atoms with Crippen LogP contribution in [0.2, 0.25) is 0 Å². The van der Waals surface area contributed by atoms with Crippen LogP contribution in [0.5, 0.6) is 0 Å². The number of carbonyl (C=O) groups is 1. The highest BCUT2D eigenvalue weighted by Crippen LogP contribution is 2.33. The van der Waals surface area contributed by atoms with E-state index in [2.05, 4.69) is 4.98 Å². The van der Waals surface area contributed by atoms with Crippen LogP contribution in [0, 0.1) is 5.92 Å². The second-order valence-corrected chi connectivity index (χ2v) is 3.82. The van der Waals surface area contributed by atoms with Gasteiger partial charge in [0.25, 0.3) is 0 Å². The Bertz CT molecular complexity index is 360. The Labute approximate surface area is 87.1 Å². The Balaban J connectivity index is 2.27. The molecule has 0 spiro atoms. The Hall–Kier alpha value is -1.36. The fraction of sp³-hybridized carbons (Fsp3) is 0.600. The third kappa shape index (κ3) is 1.87. The van der Waals surface area contributed by atoms with E-state index in [1.54, 1.807) is 0 Å². The van der Waals surface area contributed by atoms with E-state index >= 15 is 0 Å². The second-order valence-electron chi connectivity index (χ2n) is 3.82. The minimum Gasteiger partial charge on any atom is -0.476 e. The van der Waals surface area contributed by atoms with Crippen LogP contribution in [0.25, 0.3) is 0 Å². The lowest BCUT2D eigenvalue weighted by Crippen LogP contribution is -2.24. The van der Waals surface area contributed by atoms with Gasteiger partial charge in [-0.15, -0.1) is 0 Å². The molecule has 2 heterocycles. The molecule has 0 aromatic carbocycles. The number of hydrogen-bond acceptors (Lipinski definition) is 4. The van der Waals surface area contributed by atoms with Crippen molar-refractivity contribution < 1.29 is 19.1 Å². The third-order valence-corrected chi connectivity index (χ3v) is 2.78. The molecule has 2 atom stereocenters. The van der Waals surface area contributed by atoms with Gasteiger partial charge in [-0.25, -0.2) is 9.78 Å². The van der Waals surface area contributed by atoms with Gasteiger partial charge in [-0.3, -0.25) is 0 Å². The first-order valence-electron chi connectivity index (χ1n) is 4.94. The van der Waals surface area contributed by atoms with E-state index in [-0.39, 0.29) is 17.5 Å². The highest BCUT2D eigenvalue weighted by molar-refractivity contribution is 5.86. The number of aromatic nitrogens is 1. The first kappa shape index (κ1) is 10.2. The van der Waals surface area contributed by atoms with Crippen molar-refractivity contribution in [3.8, 4) is 0 Å². The molecule has 5 nitrogen and oxygen atoms in total. The Morgan fingerprint density at radius 2 is 2.47 bits per heavy atom. The summed E-state index contributed by atoms with van der Waals surface area (Å²) in [4.78, 5) is 14.6. The summed E-state index contributed by atoms with van der Waals surface area (Å²) in [5.74, 6) is -0.173. The summed E-state index contributed by atoms with van der Waals surface area (Å²) in [6.45, 7) is 3.32. The highest BCUT2D eigenvalue weighted by Gasteiger charge is 2.30. The van der Waals surface area contributed by atoms with E-state index in [9.17, 15) is 4.79 Å². The zero-order valence-electron chi connectivity index (χ0n) is 8.47. The maximum Gasteiger partial charge on any atom is 0.358 e. The number of hydrogen-bond donors (Lipinski definition) is 1. The number of aromatic carboxylic acids is 1. The number of rotatable bonds is 2. The number of ether oxygens (including phenoxy) is 1. The van der Waals surface area contributed by atoms with Crippen molar-refractivity contribution in [2.45, 2.75) is 19.3 Å². The lowest BCUT2D eigenvalue weighted by molar-refractivity contribution is 0.0411. The van der Waals surface area contributed by atoms with Crippen molar-refractivity contribution in [3.63, 3.8) is 0 Å². The van der Waals surface area contributed by atoms with E-state index in [0.29, 0.717) is 19.0 Å². The van der Waals surface area contributed by atoms with Gasteiger partial charge in [-0.1, -0.05) is 6.92 Å². The van der Waals surface area contributed by atoms with E-state index in [1.165, 1.54) is 6.39 Å². The van der Waals surface area contributed by atoms with E-state index < -0.39 is 5.97 Å². The van der Waals surface area contributed by atoms with E-state index in [1.807, 2.05) is 6.92 Å². The number of carboxylic acid groups (broad SMARTS) is 1. The van der Waals surface area contributed by atoms with Gasteiger partial charge < -0.3 is 14.3 Å². The largest absolute Gasteiger partial charge is 0.476 e. The van der Waals surface area contributed by atoms with Crippen LogP contribution >= 0.6 is 0 Å². The zero-order chi connectivity index (χ0) is 10.8. The van der Waals surface area contributed by atoms with Gasteiger partial charge in [0.15, 0.2) is 12.1 Å². The molecule has 0 saturated carbocycles. The smallest absolute Gasteiger partial charge is 0.358 e. The molecule has 2 rings (SSSR count). The minimum atomic E-state index is -1.03. The van der Waals surface area contributed by atoms with Gasteiger partial charge in [-0.05, 0) is 12.3 Å². The van der Waals surface area contributed by atoms with E-state index in [0.717, 1.165) is 6.42 Å². The molecular formula is C10H13NO4. The van der Waals surface area contributed by atoms with Gasteiger partial charge in [0.2, 0.25) is 0 Å². The topological polar surface area (TPSA) is 72.6 Å². The van der Waals surface area contributed by atoms with Crippen LogP contribution in [-0.2, 0) is 4.74 Å². The molecular weight excluding hydrogens is 198 g/mol. The summed E-state index contributed by atoms with van der Waals surface area (Å²) in [6, 6.07) is 0. The fourth-order valence-electron chi connectivity index (χ4n) is 1.95. The van der Waals surface area contributed by atoms with Gasteiger partial charge in [0.05, 0.1) is 0 Å². The Morgan fingerprint density at radius 3 is 3.13 bits per heavy atom. The summed E-state index contributed by atoms with van der Waals surface area (Å²) in [5, 5.41) is 8.92. The number of carboxylic acids is 1. The van der Waals surface area contributed by atoms with Crippen molar-refractivity contribution in [2.24, 2.45) is 5.92 Å². The van der Waals surface area contributed by atoms with Crippen LogP contribution in [-0.4, -0.2) is 29.3 Å². The summed E-state index contributed by atoms with van der Waals surface area (Å²) in [6.07, 6.45) is 1.98. The van der Waals surface area contributed by atoms with Gasteiger partial charge >= 0.3 is 5.97 Å². The SMILES string of the molecule is CC1COCCC1c1ocnc1C(=O)O. The van der Waals surface area contributed by atoms with Crippen LogP contribution < -0.4 is 0 Å². The second kappa shape index (κ2) is 4.02. The Kier molecular flexibility index (Phi) is 2.73. The summed E-state index contributed by atoms with van der Waals surface area (Å²) in [7, 11) is 0. The predicted octanol–water partition coefficient (Wildman–Crippen LogP) is 1.51. The molecule has 1 saturated heterocycles. The predicted molar refractivity (Wildman–Crippen MR) is 50.8 cm³/mol. The Morgan fingerprint density at radius 1 is 1.67 bits per heavy atom. The molecule has 1 fully saturated rings. The average Bonchev–Trinajstić information content (AvgIpc) is 2.67. The quantitative estimate of drug-likeness (QED) is 0.802. The van der Waals surface area contributed by atoms with Gasteiger partial charge in [0, 0.05) is 19.1 Å². The van der Waals surface area contributed by atoms with Crippen LogP contribution in [0.1, 0.15) is 35.5 Å². The fourth-order valence-corrected chi connectivity index (χ4v) is 1.95. The van der Waals surface area contributed by atoms with E-state index in [4.69, 9.17) is 14.3 Å². The van der Waals surface area contributed by atoms with Crippen molar-refractivity contribution in [1.82, 2.24) is 4.98 Å². The standard InChI is InChI=1S/C10H13NO4/c1-6-4-14-3-2-7(6)9-8(10(12)13)11-5-15-9/h5-7H,2-4H2,1H3,(H,12,13). The maximum absolute atomic E-state index is 10.9. The lowest BCUT2D eigenvalue weighted by Gasteiger charge is -2.27. The summed E-state index contributed by atoms with van der Waals surface area (Å²) >= 11 is 0. The molecule has 1 N–H and O–H groups in total. The molecule has 0 radical (unpaired) electrons. The molecule has 0 aliphatic carbocycles. The maximum atomic E-state index is 10.9. The molecule has 1 aromatic heterocycles. The van der Waals surface area contributed by atoms with Crippen LogP contribution in [0.3, 0.4) is 0 Å². The minimum absolute atomic E-state index is 0.0359. The third-order valence-electron chi connectivity index (χ3n) is 2.78. The van der Waals surface area contributed by atoms with Crippen LogP contribution in [0.4, 0.5) is 0 Å².